The fraction of sp³-hybridized carbons (Fsp3) is 0.357. The molecule has 0 spiro atoms. The van der Waals surface area contributed by atoms with E-state index >= 15 is 0 Å². The van der Waals surface area contributed by atoms with E-state index < -0.39 is 0 Å². The smallest absolute Gasteiger partial charge is 0.141 e. The summed E-state index contributed by atoms with van der Waals surface area (Å²) in [4.78, 5) is 6.75. The van der Waals surface area contributed by atoms with Gasteiger partial charge >= 0.3 is 0 Å². The topological polar surface area (TPSA) is 56.3 Å². The second-order valence-electron chi connectivity index (χ2n) is 4.82. The number of nitrogens with two attached hydrogens (primary N) is 1. The van der Waals surface area contributed by atoms with Crippen molar-refractivity contribution < 1.29 is 4.74 Å². The summed E-state index contributed by atoms with van der Waals surface area (Å²) < 4.78 is 7.38. The van der Waals surface area contributed by atoms with Gasteiger partial charge in [-0.25, -0.2) is 4.98 Å². The average Bonchev–Trinajstić information content (AvgIpc) is 2.86. The lowest BCUT2D eigenvalue weighted by Crippen LogP contribution is -2.33. The summed E-state index contributed by atoms with van der Waals surface area (Å²) in [6, 6.07) is 5.98. The molecule has 0 radical (unpaired) electrons. The van der Waals surface area contributed by atoms with Crippen LogP contribution in [0.2, 0.25) is 0 Å². The minimum atomic E-state index is 0.693. The van der Waals surface area contributed by atoms with E-state index in [1.807, 2.05) is 24.5 Å². The van der Waals surface area contributed by atoms with Crippen LogP contribution >= 0.6 is 0 Å². The largest absolute Gasteiger partial charge is 0.495 e. The number of imidazole rings is 1. The Morgan fingerprint density at radius 2 is 2.26 bits per heavy atom. The molecule has 0 aliphatic carbocycles. The summed E-state index contributed by atoms with van der Waals surface area (Å²) >= 11 is 0. The van der Waals surface area contributed by atoms with Crippen molar-refractivity contribution in [2.24, 2.45) is 0 Å². The first-order valence-electron chi connectivity index (χ1n) is 6.41. The summed E-state index contributed by atoms with van der Waals surface area (Å²) in [6.45, 7) is 3.82. The molecule has 0 saturated heterocycles. The monoisotopic (exact) mass is 258 g/mol. The summed E-state index contributed by atoms with van der Waals surface area (Å²) in [6.07, 6.45) is 3.91. The summed E-state index contributed by atoms with van der Waals surface area (Å²) in [5.41, 5.74) is 7.84. The van der Waals surface area contributed by atoms with Crippen LogP contribution < -0.4 is 10.5 Å². The Hall–Kier alpha value is -2.01. The minimum absolute atomic E-state index is 0.693. The Balaban J connectivity index is 1.71. The summed E-state index contributed by atoms with van der Waals surface area (Å²) in [5.74, 6) is 1.87. The van der Waals surface area contributed by atoms with Crippen LogP contribution in [0.25, 0.3) is 0 Å². The lowest BCUT2D eigenvalue weighted by Gasteiger charge is -2.27. The third kappa shape index (κ3) is 2.42. The van der Waals surface area contributed by atoms with E-state index in [1.165, 1.54) is 5.56 Å². The van der Waals surface area contributed by atoms with Gasteiger partial charge in [0, 0.05) is 32.0 Å². The molecule has 0 bridgehead atoms. The van der Waals surface area contributed by atoms with E-state index in [0.29, 0.717) is 5.69 Å². The third-order valence-corrected chi connectivity index (χ3v) is 3.52. The van der Waals surface area contributed by atoms with Gasteiger partial charge in [0.1, 0.15) is 11.6 Å². The van der Waals surface area contributed by atoms with E-state index in [0.717, 1.165) is 37.8 Å². The number of fused-ring (bicyclic) bond motifs is 1. The number of ether oxygens (including phenoxy) is 1. The van der Waals surface area contributed by atoms with Crippen LogP contribution in [0.1, 0.15) is 11.4 Å². The van der Waals surface area contributed by atoms with Crippen LogP contribution in [-0.4, -0.2) is 28.1 Å². The molecule has 19 heavy (non-hydrogen) atoms. The Kier molecular flexibility index (Phi) is 3.13. The molecule has 1 aromatic carbocycles. The molecule has 100 valence electrons. The van der Waals surface area contributed by atoms with Gasteiger partial charge in [-0.2, -0.15) is 0 Å². The lowest BCUT2D eigenvalue weighted by atomic mass is 10.1. The predicted octanol–water partition coefficient (Wildman–Crippen LogP) is 1.49. The zero-order chi connectivity index (χ0) is 13.2. The number of rotatable bonds is 3. The SMILES string of the molecule is COc1ccc(CN2CCn3ccnc3C2)cc1N. The van der Waals surface area contributed by atoms with Crippen molar-refractivity contribution >= 4 is 5.69 Å². The normalized spacial score (nSPS) is 15.2. The summed E-state index contributed by atoms with van der Waals surface area (Å²) in [5, 5.41) is 0. The van der Waals surface area contributed by atoms with Gasteiger partial charge in [0.05, 0.1) is 19.3 Å². The number of nitrogen functional groups attached to an aromatic ring is 1. The van der Waals surface area contributed by atoms with Crippen molar-refractivity contribution in [3.8, 4) is 5.75 Å². The van der Waals surface area contributed by atoms with Crippen molar-refractivity contribution in [1.29, 1.82) is 0 Å². The van der Waals surface area contributed by atoms with Crippen molar-refractivity contribution in [3.63, 3.8) is 0 Å². The van der Waals surface area contributed by atoms with Crippen molar-refractivity contribution in [2.75, 3.05) is 19.4 Å². The molecular weight excluding hydrogens is 240 g/mol. The molecule has 0 atom stereocenters. The lowest BCUT2D eigenvalue weighted by molar-refractivity contribution is 0.209. The highest BCUT2D eigenvalue weighted by Crippen LogP contribution is 2.23. The van der Waals surface area contributed by atoms with Crippen molar-refractivity contribution in [3.05, 3.63) is 42.0 Å². The van der Waals surface area contributed by atoms with Crippen LogP contribution in [0.15, 0.2) is 30.6 Å². The molecule has 0 amide bonds. The van der Waals surface area contributed by atoms with E-state index in [4.69, 9.17) is 10.5 Å². The predicted molar refractivity (Wildman–Crippen MR) is 73.7 cm³/mol. The maximum Gasteiger partial charge on any atom is 0.141 e. The molecule has 5 heteroatoms. The van der Waals surface area contributed by atoms with Crippen LogP contribution in [0, 0.1) is 0 Å². The molecule has 0 fully saturated rings. The van der Waals surface area contributed by atoms with Crippen LogP contribution in [0.5, 0.6) is 5.75 Å². The number of aromatic nitrogens is 2. The number of benzene rings is 1. The van der Waals surface area contributed by atoms with Gasteiger partial charge in [-0.3, -0.25) is 4.90 Å². The molecule has 2 N–H and O–H groups in total. The Morgan fingerprint density at radius 1 is 1.37 bits per heavy atom. The summed E-state index contributed by atoms with van der Waals surface area (Å²) in [7, 11) is 1.63. The first-order valence-corrected chi connectivity index (χ1v) is 6.41. The number of hydrogen-bond donors (Lipinski definition) is 1. The fourth-order valence-corrected chi connectivity index (χ4v) is 2.50. The first-order chi connectivity index (χ1) is 9.26. The van der Waals surface area contributed by atoms with Gasteiger partial charge < -0.3 is 15.0 Å². The van der Waals surface area contributed by atoms with Crippen LogP contribution in [0.4, 0.5) is 5.69 Å². The molecule has 3 rings (SSSR count). The van der Waals surface area contributed by atoms with Crippen molar-refractivity contribution in [1.82, 2.24) is 14.5 Å². The zero-order valence-corrected chi connectivity index (χ0v) is 11.0. The van der Waals surface area contributed by atoms with Crippen LogP contribution in [0.3, 0.4) is 0 Å². The molecule has 1 aliphatic rings. The highest BCUT2D eigenvalue weighted by atomic mass is 16.5. The van der Waals surface area contributed by atoms with Crippen molar-refractivity contribution in [2.45, 2.75) is 19.6 Å². The van der Waals surface area contributed by atoms with Gasteiger partial charge in [0.25, 0.3) is 0 Å². The number of nitrogens with zero attached hydrogens (tertiary/aromatic N) is 3. The van der Waals surface area contributed by atoms with E-state index in [1.54, 1.807) is 7.11 Å². The zero-order valence-electron chi connectivity index (χ0n) is 11.0. The molecule has 2 heterocycles. The Labute approximate surface area is 112 Å². The molecule has 0 unspecified atom stereocenters. The number of hydrogen-bond acceptors (Lipinski definition) is 4. The molecular formula is C14H18N4O. The van der Waals surface area contributed by atoms with Crippen LogP contribution in [-0.2, 0) is 19.6 Å². The fourth-order valence-electron chi connectivity index (χ4n) is 2.50. The van der Waals surface area contributed by atoms with Gasteiger partial charge in [-0.15, -0.1) is 0 Å². The highest BCUT2D eigenvalue weighted by Gasteiger charge is 2.16. The molecule has 1 aliphatic heterocycles. The standard InChI is InChI=1S/C14H18N4O/c1-19-13-3-2-11(8-12(13)15)9-17-6-7-18-5-4-16-14(18)10-17/h2-5,8H,6-7,9-10,15H2,1H3. The Bertz CT molecular complexity index is 579. The maximum absolute atomic E-state index is 5.94. The number of anilines is 1. The Morgan fingerprint density at radius 3 is 3.05 bits per heavy atom. The minimum Gasteiger partial charge on any atom is -0.495 e. The average molecular weight is 258 g/mol. The highest BCUT2D eigenvalue weighted by molar-refractivity contribution is 5.54. The van der Waals surface area contributed by atoms with E-state index in [-0.39, 0.29) is 0 Å². The number of methoxy groups -OCH3 is 1. The molecule has 5 nitrogen and oxygen atoms in total. The second kappa shape index (κ2) is 4.93. The van der Waals surface area contributed by atoms with E-state index in [9.17, 15) is 0 Å². The van der Waals surface area contributed by atoms with Gasteiger partial charge in [-0.1, -0.05) is 6.07 Å². The van der Waals surface area contributed by atoms with Gasteiger partial charge in [0.15, 0.2) is 0 Å². The third-order valence-electron chi connectivity index (χ3n) is 3.52. The van der Waals surface area contributed by atoms with Gasteiger partial charge in [-0.05, 0) is 17.7 Å². The second-order valence-corrected chi connectivity index (χ2v) is 4.82. The first kappa shape index (κ1) is 12.0. The van der Waals surface area contributed by atoms with Gasteiger partial charge in [0.2, 0.25) is 0 Å². The maximum atomic E-state index is 5.94. The van der Waals surface area contributed by atoms with E-state index in [2.05, 4.69) is 20.5 Å². The molecule has 1 aromatic heterocycles. The quantitative estimate of drug-likeness (QED) is 0.847. The molecule has 2 aromatic rings. The molecule has 0 saturated carbocycles.